The molecule has 1 aliphatic heterocycles. The fourth-order valence-corrected chi connectivity index (χ4v) is 3.46. The number of aromatic nitrogens is 1. The van der Waals surface area contributed by atoms with Crippen molar-refractivity contribution in [3.8, 4) is 0 Å². The fraction of sp³-hybridized carbons (Fsp3) is 0.533. The first-order chi connectivity index (χ1) is 9.33. The zero-order valence-electron chi connectivity index (χ0n) is 11.0. The minimum atomic E-state index is 0.0976. The summed E-state index contributed by atoms with van der Waals surface area (Å²) in [6.45, 7) is 0.940. The molecule has 1 saturated heterocycles. The van der Waals surface area contributed by atoms with E-state index in [9.17, 15) is 0 Å². The molecule has 0 radical (unpaired) electrons. The van der Waals surface area contributed by atoms with Gasteiger partial charge in [-0.3, -0.25) is 4.98 Å². The van der Waals surface area contributed by atoms with Crippen LogP contribution in [0.15, 0.2) is 23.7 Å². The van der Waals surface area contributed by atoms with E-state index >= 15 is 0 Å². The molecule has 0 aromatic carbocycles. The van der Waals surface area contributed by atoms with Crippen molar-refractivity contribution < 1.29 is 4.74 Å². The minimum Gasteiger partial charge on any atom is -0.378 e. The third-order valence-electron chi connectivity index (χ3n) is 3.82. The Bertz CT molecular complexity index is 534. The van der Waals surface area contributed by atoms with Crippen LogP contribution in [0.25, 0.3) is 10.2 Å². The topological polar surface area (TPSA) is 48.1 Å². The maximum Gasteiger partial charge on any atom is 0.0809 e. The lowest BCUT2D eigenvalue weighted by molar-refractivity contribution is 0.101. The molecule has 2 aromatic rings. The van der Waals surface area contributed by atoms with E-state index in [-0.39, 0.29) is 6.04 Å². The van der Waals surface area contributed by atoms with Crippen LogP contribution in [0.2, 0.25) is 0 Å². The SMILES string of the molecule is NC(CCCC1CCCO1)c1cnc2ccsc2c1. The zero-order chi connectivity index (χ0) is 13.1. The third-order valence-corrected chi connectivity index (χ3v) is 4.67. The van der Waals surface area contributed by atoms with E-state index in [1.165, 1.54) is 17.5 Å². The Kier molecular flexibility index (Phi) is 4.11. The lowest BCUT2D eigenvalue weighted by atomic mass is 10.0. The van der Waals surface area contributed by atoms with E-state index in [2.05, 4.69) is 16.4 Å². The number of rotatable bonds is 5. The summed E-state index contributed by atoms with van der Waals surface area (Å²) in [5.41, 5.74) is 8.49. The van der Waals surface area contributed by atoms with Gasteiger partial charge in [-0.05, 0) is 55.2 Å². The van der Waals surface area contributed by atoms with Gasteiger partial charge in [0, 0.05) is 18.8 Å². The molecule has 19 heavy (non-hydrogen) atoms. The molecule has 1 aliphatic rings. The Morgan fingerprint density at radius 2 is 2.47 bits per heavy atom. The van der Waals surface area contributed by atoms with Gasteiger partial charge in [0.25, 0.3) is 0 Å². The average molecular weight is 276 g/mol. The van der Waals surface area contributed by atoms with Crippen LogP contribution in [0.1, 0.15) is 43.7 Å². The highest BCUT2D eigenvalue weighted by molar-refractivity contribution is 7.17. The number of fused-ring (bicyclic) bond motifs is 1. The lowest BCUT2D eigenvalue weighted by Crippen LogP contribution is -2.12. The van der Waals surface area contributed by atoms with Gasteiger partial charge in [-0.1, -0.05) is 0 Å². The van der Waals surface area contributed by atoms with Crippen LogP contribution < -0.4 is 5.73 Å². The van der Waals surface area contributed by atoms with Crippen molar-refractivity contribution in [1.29, 1.82) is 0 Å². The quantitative estimate of drug-likeness (QED) is 0.907. The third kappa shape index (κ3) is 3.14. The van der Waals surface area contributed by atoms with Crippen molar-refractivity contribution in [2.45, 2.75) is 44.2 Å². The van der Waals surface area contributed by atoms with E-state index in [1.807, 2.05) is 12.3 Å². The smallest absolute Gasteiger partial charge is 0.0809 e. The molecule has 1 fully saturated rings. The predicted octanol–water partition coefficient (Wildman–Crippen LogP) is 3.65. The Morgan fingerprint density at radius 1 is 1.53 bits per heavy atom. The van der Waals surface area contributed by atoms with Crippen molar-refractivity contribution in [1.82, 2.24) is 4.98 Å². The molecule has 0 bridgehead atoms. The predicted molar refractivity (Wildman–Crippen MR) is 79.4 cm³/mol. The van der Waals surface area contributed by atoms with Gasteiger partial charge in [-0.25, -0.2) is 0 Å². The number of nitrogens with zero attached hydrogens (tertiary/aromatic N) is 1. The maximum atomic E-state index is 6.26. The second-order valence-electron chi connectivity index (χ2n) is 5.25. The second kappa shape index (κ2) is 5.99. The molecule has 2 unspecified atom stereocenters. The summed E-state index contributed by atoms with van der Waals surface area (Å²) in [6.07, 6.45) is 8.12. The van der Waals surface area contributed by atoms with Crippen LogP contribution in [0.4, 0.5) is 0 Å². The minimum absolute atomic E-state index is 0.0976. The summed E-state index contributed by atoms with van der Waals surface area (Å²) in [5, 5.41) is 2.07. The van der Waals surface area contributed by atoms with Crippen LogP contribution in [-0.2, 0) is 4.74 Å². The number of hydrogen-bond acceptors (Lipinski definition) is 4. The van der Waals surface area contributed by atoms with Gasteiger partial charge >= 0.3 is 0 Å². The number of thiophene rings is 1. The van der Waals surface area contributed by atoms with Crippen LogP contribution in [-0.4, -0.2) is 17.7 Å². The van der Waals surface area contributed by atoms with Gasteiger partial charge in [-0.2, -0.15) is 0 Å². The Hall–Kier alpha value is -0.970. The van der Waals surface area contributed by atoms with Gasteiger partial charge < -0.3 is 10.5 Å². The monoisotopic (exact) mass is 276 g/mol. The molecule has 0 aliphatic carbocycles. The summed E-state index contributed by atoms with van der Waals surface area (Å²) < 4.78 is 6.86. The summed E-state index contributed by atoms with van der Waals surface area (Å²) in [4.78, 5) is 4.45. The zero-order valence-corrected chi connectivity index (χ0v) is 11.9. The van der Waals surface area contributed by atoms with E-state index in [1.54, 1.807) is 11.3 Å². The number of nitrogens with two attached hydrogens (primary N) is 1. The first-order valence-electron chi connectivity index (χ1n) is 7.03. The molecule has 2 aromatic heterocycles. The molecule has 0 saturated carbocycles. The molecule has 0 spiro atoms. The number of hydrogen-bond donors (Lipinski definition) is 1. The van der Waals surface area contributed by atoms with Crippen molar-refractivity contribution >= 4 is 21.6 Å². The second-order valence-corrected chi connectivity index (χ2v) is 6.19. The standard InChI is InChI=1S/C15H20N2OS/c16-13(5-1-3-12-4-2-7-18-12)11-9-15-14(17-10-11)6-8-19-15/h6,8-10,12-13H,1-5,7,16H2. The first kappa shape index (κ1) is 13.0. The van der Waals surface area contributed by atoms with Gasteiger partial charge in [-0.15, -0.1) is 11.3 Å². The molecule has 3 rings (SSSR count). The number of pyridine rings is 1. The maximum absolute atomic E-state index is 6.26. The van der Waals surface area contributed by atoms with Crippen LogP contribution >= 0.6 is 11.3 Å². The Labute approximate surface area is 117 Å². The molecule has 3 nitrogen and oxygen atoms in total. The van der Waals surface area contributed by atoms with Crippen molar-refractivity contribution in [3.05, 3.63) is 29.3 Å². The van der Waals surface area contributed by atoms with Gasteiger partial charge in [0.05, 0.1) is 16.3 Å². The molecular weight excluding hydrogens is 256 g/mol. The van der Waals surface area contributed by atoms with Crippen molar-refractivity contribution in [2.75, 3.05) is 6.61 Å². The average Bonchev–Trinajstić information content (AvgIpc) is 3.08. The van der Waals surface area contributed by atoms with Gasteiger partial charge in [0.2, 0.25) is 0 Å². The van der Waals surface area contributed by atoms with E-state index in [0.29, 0.717) is 6.10 Å². The van der Waals surface area contributed by atoms with Crippen molar-refractivity contribution in [2.24, 2.45) is 5.73 Å². The Balaban J connectivity index is 1.55. The molecular formula is C15H20N2OS. The van der Waals surface area contributed by atoms with Gasteiger partial charge in [0.1, 0.15) is 0 Å². The summed E-state index contributed by atoms with van der Waals surface area (Å²) in [6, 6.07) is 4.33. The highest BCUT2D eigenvalue weighted by Gasteiger charge is 2.16. The van der Waals surface area contributed by atoms with E-state index in [4.69, 9.17) is 10.5 Å². The Morgan fingerprint density at radius 3 is 3.32 bits per heavy atom. The fourth-order valence-electron chi connectivity index (χ4n) is 2.67. The highest BCUT2D eigenvalue weighted by atomic mass is 32.1. The summed E-state index contributed by atoms with van der Waals surface area (Å²) in [5.74, 6) is 0. The molecule has 4 heteroatoms. The highest BCUT2D eigenvalue weighted by Crippen LogP contribution is 2.25. The molecule has 3 heterocycles. The molecule has 2 N–H and O–H groups in total. The van der Waals surface area contributed by atoms with Gasteiger partial charge in [0.15, 0.2) is 0 Å². The largest absolute Gasteiger partial charge is 0.378 e. The normalized spacial score (nSPS) is 21.0. The van der Waals surface area contributed by atoms with Crippen molar-refractivity contribution in [3.63, 3.8) is 0 Å². The summed E-state index contributed by atoms with van der Waals surface area (Å²) in [7, 11) is 0. The molecule has 102 valence electrons. The summed E-state index contributed by atoms with van der Waals surface area (Å²) >= 11 is 1.73. The van der Waals surface area contributed by atoms with Crippen LogP contribution in [0, 0.1) is 0 Å². The van der Waals surface area contributed by atoms with E-state index < -0.39 is 0 Å². The first-order valence-corrected chi connectivity index (χ1v) is 7.91. The molecule has 0 amide bonds. The van der Waals surface area contributed by atoms with E-state index in [0.717, 1.165) is 36.9 Å². The van der Waals surface area contributed by atoms with Crippen LogP contribution in [0.5, 0.6) is 0 Å². The molecule has 2 atom stereocenters. The van der Waals surface area contributed by atoms with Crippen LogP contribution in [0.3, 0.4) is 0 Å². The lowest BCUT2D eigenvalue weighted by Gasteiger charge is -2.13. The number of ether oxygens (including phenoxy) is 1.